The van der Waals surface area contributed by atoms with E-state index in [-0.39, 0.29) is 24.1 Å². The number of benzene rings is 2. The third-order valence-corrected chi connectivity index (χ3v) is 10.8. The average Bonchev–Trinajstić information content (AvgIpc) is 4.10. The van der Waals surface area contributed by atoms with Crippen LogP contribution in [0.4, 0.5) is 11.4 Å². The van der Waals surface area contributed by atoms with Gasteiger partial charge >= 0.3 is 0 Å². The van der Waals surface area contributed by atoms with Gasteiger partial charge in [-0.05, 0) is 169 Å². The second-order valence-corrected chi connectivity index (χ2v) is 15.8. The molecule has 0 aromatic heterocycles. The summed E-state index contributed by atoms with van der Waals surface area (Å²) in [6, 6.07) is 6.67. The molecule has 0 aliphatic carbocycles. The molecule has 2 heterocycles. The summed E-state index contributed by atoms with van der Waals surface area (Å²) in [5.41, 5.74) is 91.4. The Morgan fingerprint density at radius 3 is 1.06 bits per heavy atom. The third kappa shape index (κ3) is 18.0. The number of hydrogen-bond donors (Lipinski definition) is 0. The number of imide groups is 2. The third-order valence-electron chi connectivity index (χ3n) is 10.8. The van der Waals surface area contributed by atoms with Crippen LogP contribution in [0, 0.1) is 0 Å². The first-order chi connectivity index (χ1) is 38.8. The van der Waals surface area contributed by atoms with Crippen molar-refractivity contribution in [2.75, 3.05) is 16.8 Å². The number of nitrogens with zero attached hydrogens (tertiary/aromatic N) is 4. The van der Waals surface area contributed by atoms with Crippen molar-refractivity contribution in [3.8, 4) is 0 Å². The molecule has 10 heteroatoms. The molecule has 1 unspecified atom stereocenters. The summed E-state index contributed by atoms with van der Waals surface area (Å²) in [5.74, 6) is -3.16. The summed E-state index contributed by atoms with van der Waals surface area (Å²) in [5, 5.41) is 0. The van der Waals surface area contributed by atoms with E-state index in [0.717, 1.165) is 48.1 Å². The Bertz CT molecular complexity index is 4450. The second-order valence-electron chi connectivity index (χ2n) is 15.8. The van der Waals surface area contributed by atoms with Crippen LogP contribution in [0.5, 0.6) is 0 Å². The number of anilines is 2. The van der Waals surface area contributed by atoms with Gasteiger partial charge in [0.25, 0.3) is 17.7 Å². The largest absolute Gasteiger partial charge is 0.294 e. The highest BCUT2D eigenvalue weighted by Crippen LogP contribution is 2.37. The van der Waals surface area contributed by atoms with Crippen molar-refractivity contribution in [2.45, 2.75) is 86.1 Å². The van der Waals surface area contributed by atoms with Gasteiger partial charge in [0.15, 0.2) is 5.82 Å². The molecule has 80 heavy (non-hydrogen) atoms. The van der Waals surface area contributed by atoms with Crippen LogP contribution in [0.15, 0.2) is 244 Å². The molecule has 1 atom stereocenters. The van der Waals surface area contributed by atoms with Crippen molar-refractivity contribution in [3.05, 3.63) is 277 Å². The lowest BCUT2D eigenvalue weighted by Crippen LogP contribution is -2.48. The fourth-order valence-electron chi connectivity index (χ4n) is 7.47. The number of aryl methyl sites for hydroxylation is 4. The molecule has 378 valence electrons. The zero-order valence-corrected chi connectivity index (χ0v) is 44.7. The molecule has 2 aliphatic heterocycles. The lowest BCUT2D eigenvalue weighted by atomic mass is 9.92. The first-order valence-electron chi connectivity index (χ1n) is 24.2. The predicted molar refractivity (Wildman–Crippen MR) is 295 cm³/mol. The average molecular weight is 1040 g/mol. The van der Waals surface area contributed by atoms with Gasteiger partial charge in [-0.25, -0.2) is 9.80 Å². The summed E-state index contributed by atoms with van der Waals surface area (Å²) < 4.78 is 0. The van der Waals surface area contributed by atoms with Gasteiger partial charge in [-0.2, -0.15) is 0 Å². The molecule has 0 N–H and O–H groups in total. The molecular weight excluding hydrogens is 993 g/mol. The highest BCUT2D eigenvalue weighted by atomic mass is 16.2. The Kier molecular flexibility index (Phi) is 24.7. The van der Waals surface area contributed by atoms with Crippen LogP contribution < -0.4 is 9.80 Å². The van der Waals surface area contributed by atoms with E-state index in [1.54, 1.807) is 0 Å². The molecular formula is C70H42N4O6. The molecule has 0 bridgehead atoms. The molecule has 2 aromatic rings. The van der Waals surface area contributed by atoms with E-state index in [1.165, 1.54) is 37.9 Å². The molecule has 0 radical (unpaired) electrons. The minimum Gasteiger partial charge on any atom is -0.294 e. The zero-order valence-electron chi connectivity index (χ0n) is 44.7. The monoisotopic (exact) mass is 1030 g/mol. The quantitative estimate of drug-likeness (QED) is 0.164. The highest BCUT2D eigenvalue weighted by molar-refractivity contribution is 6.28. The van der Waals surface area contributed by atoms with E-state index < -0.39 is 29.7 Å². The lowest BCUT2D eigenvalue weighted by Gasteiger charge is -2.31. The van der Waals surface area contributed by atoms with Crippen molar-refractivity contribution in [1.82, 2.24) is 9.80 Å². The molecule has 6 amide bonds. The van der Waals surface area contributed by atoms with Gasteiger partial charge in [-0.1, -0.05) is 57.7 Å². The molecule has 2 aromatic carbocycles. The van der Waals surface area contributed by atoms with Gasteiger partial charge in [-0.3, -0.25) is 38.6 Å². The first-order valence-corrected chi connectivity index (χ1v) is 24.2. The van der Waals surface area contributed by atoms with E-state index in [9.17, 15) is 28.8 Å². The van der Waals surface area contributed by atoms with Crippen LogP contribution in [0.2, 0.25) is 0 Å². The lowest BCUT2D eigenvalue weighted by molar-refractivity contribution is -0.137. The standard InChI is InChI=1S/C70H42N4O6/c1-9-14-15-16-17-18-19-20-21-22-23-24-25-26-27-28-29-30-31-32-33-34-35-36-37-38-39-40-41-42-43-44-45-46-64(71(8)55(6)75)72(56(7)76)63-54-67(79)74(70(63)80)69-61(12-4)52-58(53-62(69)13-5)49-57-50-59(10-2)68(60(11-3)51-57)73-65(77)47-48-66(73)78/h47-48,50-53,63H,1,10-13,49,54H2,2-8H3. The van der Waals surface area contributed by atoms with Gasteiger partial charge in [0.2, 0.25) is 17.7 Å². The number of carbonyl (C=O) groups excluding carboxylic acids is 6. The SMILES string of the molecule is C=C=C=C=C=C=C=C=C=C=C=C=C=C=C=C=C=C=C=C=C=C=C=C=C=C=C=C=C=C=C=C=C=C=C=C(N(C)C(C)=O)N(C(C)=O)C1CC(=O)N(c2c(CC)cc(Cc3cc(CC)c(N4C(=O)C=CC4=O)c(CC)c3)cc2CC)C1=O. The summed E-state index contributed by atoms with van der Waals surface area (Å²) in [7, 11) is 1.40. The molecule has 0 spiro atoms. The van der Waals surface area contributed by atoms with Crippen LogP contribution in [0.3, 0.4) is 0 Å². The molecule has 1 saturated heterocycles. The number of hydrogen-bond acceptors (Lipinski definition) is 6. The Labute approximate surface area is 463 Å². The van der Waals surface area contributed by atoms with E-state index in [1.807, 2.05) is 52.0 Å². The summed E-state index contributed by atoms with van der Waals surface area (Å²) in [4.78, 5) is 84.5. The van der Waals surface area contributed by atoms with Gasteiger partial charge in [-0.15, -0.1) is 0 Å². The Morgan fingerprint density at radius 2 is 0.775 bits per heavy atom. The van der Waals surface area contributed by atoms with Crippen LogP contribution >= 0.6 is 0 Å². The Morgan fingerprint density at radius 1 is 0.475 bits per heavy atom. The summed E-state index contributed by atoms with van der Waals surface area (Å²) in [6.07, 6.45) is 4.86. The molecule has 1 fully saturated rings. The minimum absolute atomic E-state index is 0.146. The first kappa shape index (κ1) is 60.2. The van der Waals surface area contributed by atoms with E-state index in [0.29, 0.717) is 43.5 Å². The fraction of sp³-hybridized carbons (Fsp3) is 0.200. The summed E-state index contributed by atoms with van der Waals surface area (Å²) in [6.45, 7) is 13.6. The number of amides is 6. The van der Waals surface area contributed by atoms with E-state index in [2.05, 4.69) is 201 Å². The van der Waals surface area contributed by atoms with Crippen molar-refractivity contribution >= 4 is 46.8 Å². The van der Waals surface area contributed by atoms with Crippen molar-refractivity contribution in [2.24, 2.45) is 0 Å². The molecule has 0 saturated carbocycles. The van der Waals surface area contributed by atoms with Crippen LogP contribution in [-0.2, 0) is 60.9 Å². The van der Waals surface area contributed by atoms with Crippen LogP contribution in [0.1, 0.15) is 81.3 Å². The van der Waals surface area contributed by atoms with Gasteiger partial charge in [0.05, 0.1) is 17.8 Å². The van der Waals surface area contributed by atoms with E-state index >= 15 is 0 Å². The topological polar surface area (TPSA) is 115 Å². The van der Waals surface area contributed by atoms with Crippen molar-refractivity contribution in [3.63, 3.8) is 0 Å². The molecule has 4 rings (SSSR count). The number of carbonyl (C=O) groups is 6. The van der Waals surface area contributed by atoms with Gasteiger partial charge in [0.1, 0.15) is 6.04 Å². The van der Waals surface area contributed by atoms with Crippen LogP contribution in [0.25, 0.3) is 0 Å². The smallest absolute Gasteiger partial charge is 0.258 e. The minimum atomic E-state index is -1.31. The maximum atomic E-state index is 14.5. The summed E-state index contributed by atoms with van der Waals surface area (Å²) >= 11 is 0. The van der Waals surface area contributed by atoms with Gasteiger partial charge in [0, 0.05) is 125 Å². The molecule has 2 aliphatic rings. The highest BCUT2D eigenvalue weighted by Gasteiger charge is 2.47. The molecule has 10 nitrogen and oxygen atoms in total. The Hall–Kier alpha value is -12.3. The maximum Gasteiger partial charge on any atom is 0.258 e. The predicted octanol–water partition coefficient (Wildman–Crippen LogP) is 9.66. The van der Waals surface area contributed by atoms with Gasteiger partial charge < -0.3 is 0 Å². The second kappa shape index (κ2) is 32.8. The fourth-order valence-corrected chi connectivity index (χ4v) is 7.47. The van der Waals surface area contributed by atoms with E-state index in [4.69, 9.17) is 0 Å². The number of rotatable bonds is 11. The maximum absolute atomic E-state index is 14.5. The van der Waals surface area contributed by atoms with Crippen molar-refractivity contribution < 1.29 is 28.8 Å². The zero-order chi connectivity index (χ0) is 58.1. The van der Waals surface area contributed by atoms with Crippen molar-refractivity contribution in [1.29, 1.82) is 0 Å². The normalized spacial score (nSPS) is 11.0. The Balaban J connectivity index is 1.66. The van der Waals surface area contributed by atoms with Crippen LogP contribution in [-0.4, -0.2) is 58.3 Å².